The Balaban J connectivity index is 0.000000761. The van der Waals surface area contributed by atoms with Gasteiger partial charge in [-0.15, -0.1) is 5.10 Å². The van der Waals surface area contributed by atoms with Gasteiger partial charge in [-0.05, 0) is 50.6 Å². The minimum atomic E-state index is -5.08. The Morgan fingerprint density at radius 1 is 1.05 bits per heavy atom. The summed E-state index contributed by atoms with van der Waals surface area (Å²) < 4.78 is 65.5. The molecule has 0 aliphatic carbocycles. The number of carbonyl (C=O) groups is 2. The molecule has 1 atom stereocenters. The largest absolute Gasteiger partial charge is 0.490 e. The number of aliphatic carboxylic acids is 2. The number of halogens is 6. The zero-order chi connectivity index (χ0) is 29.0. The number of piperidine rings is 1. The first kappa shape index (κ1) is 34.6. The molecule has 1 fully saturated rings. The molecule has 0 saturated carbocycles. The van der Waals surface area contributed by atoms with Crippen LogP contribution in [0.2, 0.25) is 0 Å². The second-order valence-corrected chi connectivity index (χ2v) is 10.1. The number of carboxylic acids is 2. The van der Waals surface area contributed by atoms with Crippen LogP contribution in [0.25, 0.3) is 0 Å². The smallest absolute Gasteiger partial charge is 0.475 e. The number of alkyl halides is 6. The lowest BCUT2D eigenvalue weighted by molar-refractivity contribution is -0.193. The van der Waals surface area contributed by atoms with E-state index in [0.29, 0.717) is 11.5 Å². The molecule has 1 aliphatic heterocycles. The molecule has 15 heteroatoms. The highest BCUT2D eigenvalue weighted by Gasteiger charge is 2.38. The van der Waals surface area contributed by atoms with Gasteiger partial charge in [0, 0.05) is 19.6 Å². The number of nitrogens with one attached hydrogen (secondary N) is 1. The molecule has 0 spiro atoms. The number of carboxylic acid groups (broad SMARTS) is 2. The number of nitrogens with zero attached hydrogens (tertiary/aromatic N) is 4. The standard InChI is InChI=1S/C18H35N5.2C2HF3O2/c1-15(12-18(2,3)4)6-9-22-10-7-17(8-11-22)23-14-16(13-19-5)20-21-23;2*3-2(4,5)1(6)7/h14-15,17,19H,6-13H2,1-5H3;2*(H,6,7). The summed E-state index contributed by atoms with van der Waals surface area (Å²) in [6.07, 6.45) is -3.05. The molecule has 216 valence electrons. The van der Waals surface area contributed by atoms with E-state index in [1.807, 2.05) is 7.05 Å². The van der Waals surface area contributed by atoms with Crippen molar-refractivity contribution in [2.24, 2.45) is 11.3 Å². The van der Waals surface area contributed by atoms with Crippen LogP contribution in [0.15, 0.2) is 6.20 Å². The third kappa shape index (κ3) is 16.1. The molecule has 0 amide bonds. The minimum absolute atomic E-state index is 0.449. The van der Waals surface area contributed by atoms with Crippen molar-refractivity contribution in [3.05, 3.63) is 11.9 Å². The molecule has 0 radical (unpaired) electrons. The Morgan fingerprint density at radius 2 is 1.51 bits per heavy atom. The molecule has 2 rings (SSSR count). The van der Waals surface area contributed by atoms with E-state index < -0.39 is 24.3 Å². The fourth-order valence-corrected chi connectivity index (χ4v) is 3.71. The number of hydrogen-bond donors (Lipinski definition) is 3. The van der Waals surface area contributed by atoms with Crippen LogP contribution in [0.4, 0.5) is 26.3 Å². The Labute approximate surface area is 212 Å². The van der Waals surface area contributed by atoms with Crippen molar-refractivity contribution in [3.63, 3.8) is 0 Å². The molecule has 3 N–H and O–H groups in total. The van der Waals surface area contributed by atoms with Gasteiger partial charge in [-0.2, -0.15) is 26.3 Å². The quantitative estimate of drug-likeness (QED) is 0.429. The summed E-state index contributed by atoms with van der Waals surface area (Å²) in [5.41, 5.74) is 1.48. The van der Waals surface area contributed by atoms with E-state index in [4.69, 9.17) is 19.8 Å². The second-order valence-electron chi connectivity index (χ2n) is 10.1. The zero-order valence-corrected chi connectivity index (χ0v) is 21.7. The molecule has 1 unspecified atom stereocenters. The van der Waals surface area contributed by atoms with Gasteiger partial charge >= 0.3 is 24.3 Å². The van der Waals surface area contributed by atoms with Gasteiger partial charge in [0.05, 0.1) is 17.9 Å². The third-order valence-electron chi connectivity index (χ3n) is 5.23. The molecular formula is C22H37F6N5O4. The second kappa shape index (κ2) is 15.1. The van der Waals surface area contributed by atoms with Crippen molar-refractivity contribution >= 4 is 11.9 Å². The maximum atomic E-state index is 10.6. The van der Waals surface area contributed by atoms with Gasteiger partial charge in [0.25, 0.3) is 0 Å². The summed E-state index contributed by atoms with van der Waals surface area (Å²) >= 11 is 0. The summed E-state index contributed by atoms with van der Waals surface area (Å²) in [7, 11) is 1.94. The van der Waals surface area contributed by atoms with Crippen LogP contribution in [0, 0.1) is 11.3 Å². The first-order chi connectivity index (χ1) is 16.8. The van der Waals surface area contributed by atoms with Crippen LogP contribution in [0.3, 0.4) is 0 Å². The molecular weight excluding hydrogens is 512 g/mol. The van der Waals surface area contributed by atoms with E-state index in [2.05, 4.69) is 59.1 Å². The highest BCUT2D eigenvalue weighted by molar-refractivity contribution is 5.73. The van der Waals surface area contributed by atoms with Gasteiger partial charge in [-0.25, -0.2) is 14.3 Å². The van der Waals surface area contributed by atoms with Crippen LogP contribution in [-0.4, -0.2) is 81.1 Å². The number of hydrogen-bond acceptors (Lipinski definition) is 6. The van der Waals surface area contributed by atoms with Crippen LogP contribution >= 0.6 is 0 Å². The molecule has 9 nitrogen and oxygen atoms in total. The first-order valence-corrected chi connectivity index (χ1v) is 11.6. The average Bonchev–Trinajstić information content (AvgIpc) is 3.20. The highest BCUT2D eigenvalue weighted by Crippen LogP contribution is 2.27. The fourth-order valence-electron chi connectivity index (χ4n) is 3.71. The van der Waals surface area contributed by atoms with Gasteiger partial charge in [0.15, 0.2) is 0 Å². The van der Waals surface area contributed by atoms with Gasteiger partial charge in [0.2, 0.25) is 0 Å². The van der Waals surface area contributed by atoms with Crippen LogP contribution in [0.5, 0.6) is 0 Å². The monoisotopic (exact) mass is 549 g/mol. The normalized spacial score (nSPS) is 16.2. The van der Waals surface area contributed by atoms with Crippen molar-refractivity contribution in [2.75, 3.05) is 26.7 Å². The minimum Gasteiger partial charge on any atom is -0.475 e. The maximum Gasteiger partial charge on any atom is 0.490 e. The Bertz CT molecular complexity index is 792. The van der Waals surface area contributed by atoms with Gasteiger partial charge in [-0.1, -0.05) is 32.9 Å². The lowest BCUT2D eigenvalue weighted by Gasteiger charge is -2.33. The third-order valence-corrected chi connectivity index (χ3v) is 5.23. The number of rotatable bonds is 7. The summed E-state index contributed by atoms with van der Waals surface area (Å²) in [6.45, 7) is 13.8. The average molecular weight is 550 g/mol. The SMILES string of the molecule is CNCc1cn(C2CCN(CCC(C)CC(C)(C)C)CC2)nn1.O=C(O)C(F)(F)F.O=C(O)C(F)(F)F. The first-order valence-electron chi connectivity index (χ1n) is 11.6. The molecule has 0 aromatic carbocycles. The number of likely N-dealkylation sites (tertiary alicyclic amines) is 1. The van der Waals surface area contributed by atoms with Crippen LogP contribution < -0.4 is 5.32 Å². The molecule has 37 heavy (non-hydrogen) atoms. The molecule has 1 saturated heterocycles. The highest BCUT2D eigenvalue weighted by atomic mass is 19.4. The lowest BCUT2D eigenvalue weighted by Crippen LogP contribution is -2.36. The fraction of sp³-hybridized carbons (Fsp3) is 0.818. The predicted molar refractivity (Wildman–Crippen MR) is 123 cm³/mol. The van der Waals surface area contributed by atoms with Crippen molar-refractivity contribution in [3.8, 4) is 0 Å². The lowest BCUT2D eigenvalue weighted by atomic mass is 9.84. The number of aromatic nitrogens is 3. The van der Waals surface area contributed by atoms with Gasteiger partial charge < -0.3 is 20.4 Å². The van der Waals surface area contributed by atoms with E-state index in [9.17, 15) is 26.3 Å². The van der Waals surface area contributed by atoms with E-state index in [1.54, 1.807) is 0 Å². The van der Waals surface area contributed by atoms with Crippen molar-refractivity contribution in [2.45, 2.75) is 78.3 Å². The summed E-state index contributed by atoms with van der Waals surface area (Å²) in [5, 5.41) is 25.9. The van der Waals surface area contributed by atoms with E-state index >= 15 is 0 Å². The van der Waals surface area contributed by atoms with E-state index in [1.165, 1.54) is 45.3 Å². The van der Waals surface area contributed by atoms with Crippen molar-refractivity contribution in [1.29, 1.82) is 0 Å². The topological polar surface area (TPSA) is 121 Å². The molecule has 1 aromatic rings. The zero-order valence-electron chi connectivity index (χ0n) is 21.7. The van der Waals surface area contributed by atoms with Gasteiger partial charge in [-0.3, -0.25) is 0 Å². The Hall–Kier alpha value is -2.42. The molecule has 2 heterocycles. The summed E-state index contributed by atoms with van der Waals surface area (Å²) in [6, 6.07) is 0.524. The van der Waals surface area contributed by atoms with Crippen molar-refractivity contribution in [1.82, 2.24) is 25.2 Å². The Kier molecular flexibility index (Phi) is 14.1. The van der Waals surface area contributed by atoms with E-state index in [0.717, 1.165) is 18.2 Å². The summed E-state index contributed by atoms with van der Waals surface area (Å²) in [4.78, 5) is 20.4. The van der Waals surface area contributed by atoms with Crippen molar-refractivity contribution < 1.29 is 46.1 Å². The Morgan fingerprint density at radius 3 is 1.89 bits per heavy atom. The van der Waals surface area contributed by atoms with Crippen LogP contribution in [-0.2, 0) is 16.1 Å². The maximum absolute atomic E-state index is 10.6. The molecule has 1 aromatic heterocycles. The summed E-state index contributed by atoms with van der Waals surface area (Å²) in [5.74, 6) is -4.70. The molecule has 1 aliphatic rings. The van der Waals surface area contributed by atoms with E-state index in [-0.39, 0.29) is 0 Å². The van der Waals surface area contributed by atoms with Crippen LogP contribution in [0.1, 0.15) is 65.1 Å². The molecule has 0 bridgehead atoms. The predicted octanol–water partition coefficient (Wildman–Crippen LogP) is 4.36. The van der Waals surface area contributed by atoms with Gasteiger partial charge in [0.1, 0.15) is 0 Å².